The molecule has 9 heteroatoms. The van der Waals surface area contributed by atoms with Gasteiger partial charge in [-0.1, -0.05) is 54.9 Å². The van der Waals surface area contributed by atoms with Crippen molar-refractivity contribution in [3.63, 3.8) is 0 Å². The van der Waals surface area contributed by atoms with Crippen molar-refractivity contribution in [1.82, 2.24) is 25.1 Å². The van der Waals surface area contributed by atoms with Gasteiger partial charge in [-0.2, -0.15) is 0 Å². The molecule has 7 nitrogen and oxygen atoms in total. The lowest BCUT2D eigenvalue weighted by atomic mass is 10.0. The summed E-state index contributed by atoms with van der Waals surface area (Å²) in [6, 6.07) is 19.6. The Morgan fingerprint density at radius 2 is 1.94 bits per heavy atom. The molecular formula is C26H21ClN6OS. The number of amides is 1. The van der Waals surface area contributed by atoms with E-state index >= 15 is 0 Å². The van der Waals surface area contributed by atoms with E-state index in [1.54, 1.807) is 11.3 Å². The van der Waals surface area contributed by atoms with Gasteiger partial charge in [0.2, 0.25) is 0 Å². The Morgan fingerprint density at radius 1 is 1.11 bits per heavy atom. The van der Waals surface area contributed by atoms with Crippen molar-refractivity contribution >= 4 is 45.5 Å². The summed E-state index contributed by atoms with van der Waals surface area (Å²) in [5.41, 5.74) is 4.18. The maximum absolute atomic E-state index is 12.9. The van der Waals surface area contributed by atoms with Crippen LogP contribution in [0.25, 0.3) is 15.9 Å². The number of nitrogens with zero attached hydrogens (tertiary/aromatic N) is 4. The third-order valence-electron chi connectivity index (χ3n) is 6.06. The Kier molecular flexibility index (Phi) is 5.47. The first-order valence-corrected chi connectivity index (χ1v) is 12.5. The molecule has 0 spiro atoms. The Morgan fingerprint density at radius 3 is 2.77 bits per heavy atom. The van der Waals surface area contributed by atoms with E-state index in [-0.39, 0.29) is 12.5 Å². The molecule has 2 aromatic carbocycles. The third kappa shape index (κ3) is 3.84. The van der Waals surface area contributed by atoms with Crippen molar-refractivity contribution in [2.45, 2.75) is 26.4 Å². The molecule has 0 unspecified atom stereocenters. The predicted octanol–water partition coefficient (Wildman–Crippen LogP) is 5.31. The van der Waals surface area contributed by atoms with Crippen LogP contribution in [0, 0.1) is 0 Å². The van der Waals surface area contributed by atoms with Gasteiger partial charge in [0.25, 0.3) is 5.91 Å². The molecule has 1 amide bonds. The van der Waals surface area contributed by atoms with Crippen LogP contribution in [0.2, 0.25) is 5.02 Å². The average Bonchev–Trinajstić information content (AvgIpc) is 3.58. The smallest absolute Gasteiger partial charge is 0.268 e. The number of carbonyl (C=O) groups excluding carboxylic acids is 1. The predicted molar refractivity (Wildman–Crippen MR) is 139 cm³/mol. The van der Waals surface area contributed by atoms with Gasteiger partial charge >= 0.3 is 0 Å². The second-order valence-corrected chi connectivity index (χ2v) is 9.77. The summed E-state index contributed by atoms with van der Waals surface area (Å²) in [6.45, 7) is 2.74. The zero-order valence-electron chi connectivity index (χ0n) is 18.9. The number of benzene rings is 2. The van der Waals surface area contributed by atoms with E-state index < -0.39 is 0 Å². The minimum Gasteiger partial charge on any atom is -0.351 e. The molecule has 0 atom stereocenters. The molecule has 3 aromatic heterocycles. The molecule has 0 aliphatic carbocycles. The first-order chi connectivity index (χ1) is 17.1. The molecule has 5 aromatic rings. The average molecular weight is 501 g/mol. The summed E-state index contributed by atoms with van der Waals surface area (Å²) in [5.74, 6) is 1.19. The number of hydrogen-bond acceptors (Lipinski definition) is 5. The molecule has 0 radical (unpaired) electrons. The van der Waals surface area contributed by atoms with Crippen molar-refractivity contribution in [1.29, 1.82) is 0 Å². The van der Waals surface area contributed by atoms with E-state index in [0.29, 0.717) is 23.1 Å². The van der Waals surface area contributed by atoms with Crippen LogP contribution in [0.15, 0.2) is 65.7 Å². The number of thiophene rings is 1. The summed E-state index contributed by atoms with van der Waals surface area (Å²) in [7, 11) is 0. The minimum absolute atomic E-state index is 0.194. The van der Waals surface area contributed by atoms with Crippen LogP contribution in [0.5, 0.6) is 0 Å². The van der Waals surface area contributed by atoms with Gasteiger partial charge in [-0.3, -0.25) is 14.4 Å². The first kappa shape index (κ1) is 21.8. The van der Waals surface area contributed by atoms with E-state index in [0.717, 1.165) is 45.0 Å². The summed E-state index contributed by atoms with van der Waals surface area (Å²) < 4.78 is 2.03. The minimum atomic E-state index is -0.194. The van der Waals surface area contributed by atoms with E-state index in [9.17, 15) is 4.79 Å². The molecular weight excluding hydrogens is 480 g/mol. The van der Waals surface area contributed by atoms with Gasteiger partial charge in [0.15, 0.2) is 11.6 Å². The van der Waals surface area contributed by atoms with Crippen LogP contribution in [0.4, 0.5) is 0 Å². The van der Waals surface area contributed by atoms with Crippen molar-refractivity contribution < 1.29 is 4.79 Å². The number of para-hydroxylation sites is 1. The second kappa shape index (κ2) is 8.79. The van der Waals surface area contributed by atoms with E-state index in [1.165, 1.54) is 4.88 Å². The number of halogens is 1. The highest BCUT2D eigenvalue weighted by molar-refractivity contribution is 7.15. The van der Waals surface area contributed by atoms with E-state index in [4.69, 9.17) is 16.6 Å². The van der Waals surface area contributed by atoms with Crippen molar-refractivity contribution in [3.05, 3.63) is 99.0 Å². The lowest BCUT2D eigenvalue weighted by molar-refractivity contribution is 0.0945. The monoisotopic (exact) mass is 500 g/mol. The lowest BCUT2D eigenvalue weighted by Gasteiger charge is -2.10. The zero-order valence-corrected chi connectivity index (χ0v) is 20.5. The molecule has 174 valence electrons. The molecule has 6 rings (SSSR count). The Bertz CT molecular complexity index is 1580. The van der Waals surface area contributed by atoms with E-state index in [2.05, 4.69) is 33.5 Å². The van der Waals surface area contributed by atoms with E-state index in [1.807, 2.05) is 59.2 Å². The summed E-state index contributed by atoms with van der Waals surface area (Å²) in [4.78, 5) is 22.2. The fourth-order valence-corrected chi connectivity index (χ4v) is 5.68. The van der Waals surface area contributed by atoms with Gasteiger partial charge in [-0.25, -0.2) is 0 Å². The number of fused-ring (bicyclic) bond motifs is 4. The molecule has 1 aliphatic rings. The SMILES string of the molecule is CCc1cc2c(s1)-n1c(nnc1CNC(=O)c1cc3ccccc3[nH]1)CN=C2c1ccccc1Cl. The van der Waals surface area contributed by atoms with Gasteiger partial charge < -0.3 is 10.3 Å². The van der Waals surface area contributed by atoms with Gasteiger partial charge in [0, 0.05) is 31.9 Å². The number of hydrogen-bond donors (Lipinski definition) is 2. The second-order valence-electron chi connectivity index (χ2n) is 8.25. The topological polar surface area (TPSA) is 88.0 Å². The van der Waals surface area contributed by atoms with Gasteiger partial charge in [-0.05, 0) is 30.7 Å². The van der Waals surface area contributed by atoms with Gasteiger partial charge in [0.05, 0.1) is 12.3 Å². The zero-order chi connectivity index (χ0) is 23.9. The number of rotatable bonds is 5. The molecule has 35 heavy (non-hydrogen) atoms. The lowest BCUT2D eigenvalue weighted by Crippen LogP contribution is -2.25. The van der Waals surface area contributed by atoms with Crippen LogP contribution < -0.4 is 5.32 Å². The molecule has 0 saturated carbocycles. The fraction of sp³-hybridized carbons (Fsp3) is 0.154. The van der Waals surface area contributed by atoms with Crippen molar-refractivity contribution in [3.8, 4) is 5.00 Å². The van der Waals surface area contributed by atoms with Crippen LogP contribution in [0.1, 0.15) is 45.1 Å². The molecule has 4 heterocycles. The molecule has 1 aliphatic heterocycles. The van der Waals surface area contributed by atoms with Crippen LogP contribution >= 0.6 is 22.9 Å². The van der Waals surface area contributed by atoms with Gasteiger partial charge in [-0.15, -0.1) is 21.5 Å². The van der Waals surface area contributed by atoms with Crippen molar-refractivity contribution in [2.24, 2.45) is 4.99 Å². The highest BCUT2D eigenvalue weighted by atomic mass is 35.5. The quantitative estimate of drug-likeness (QED) is 0.343. The number of nitrogens with one attached hydrogen (secondary N) is 2. The number of aliphatic imine (C=N–C) groups is 1. The largest absolute Gasteiger partial charge is 0.351 e. The number of H-pyrrole nitrogens is 1. The Hall–Kier alpha value is -3.75. The van der Waals surface area contributed by atoms with Crippen LogP contribution in [-0.4, -0.2) is 31.4 Å². The number of carbonyl (C=O) groups is 1. The maximum atomic E-state index is 12.9. The maximum Gasteiger partial charge on any atom is 0.268 e. The number of aromatic nitrogens is 4. The summed E-state index contributed by atoms with van der Waals surface area (Å²) >= 11 is 8.23. The Balaban J connectivity index is 1.34. The molecule has 0 fully saturated rings. The number of aromatic amines is 1. The molecule has 0 bridgehead atoms. The highest BCUT2D eigenvalue weighted by Gasteiger charge is 2.26. The fourth-order valence-electron chi connectivity index (χ4n) is 4.32. The first-order valence-electron chi connectivity index (χ1n) is 11.3. The summed E-state index contributed by atoms with van der Waals surface area (Å²) in [5, 5.41) is 14.4. The standard InChI is InChI=1S/C26H21ClN6OS/c1-2-16-12-18-24(17-8-4-5-9-19(17)27)28-13-22-31-32-23(33(22)26(18)35-16)14-29-25(34)21-11-15-7-3-6-10-20(15)30-21/h3-12,30H,2,13-14H2,1H3,(H,29,34). The normalized spacial score (nSPS) is 12.7. The van der Waals surface area contributed by atoms with Gasteiger partial charge in [0.1, 0.15) is 17.2 Å². The number of aryl methyl sites for hydroxylation is 1. The van der Waals surface area contributed by atoms with Crippen molar-refractivity contribution in [2.75, 3.05) is 0 Å². The van der Waals surface area contributed by atoms with Crippen LogP contribution in [-0.2, 0) is 19.5 Å². The third-order valence-corrected chi connectivity index (χ3v) is 7.65. The van der Waals surface area contributed by atoms with Crippen LogP contribution in [0.3, 0.4) is 0 Å². The Labute approximate surface area is 210 Å². The summed E-state index contributed by atoms with van der Waals surface area (Å²) in [6.07, 6.45) is 0.900. The molecule has 0 saturated heterocycles. The highest BCUT2D eigenvalue weighted by Crippen LogP contribution is 2.34. The molecule has 2 N–H and O–H groups in total.